The van der Waals surface area contributed by atoms with Crippen LogP contribution in [0.15, 0.2) is 29.3 Å². The largest absolute Gasteiger partial charge is 0.481 e. The number of nitrogens with zero attached hydrogens (tertiary/aromatic N) is 2. The average Bonchev–Trinajstić information content (AvgIpc) is 3.12. The van der Waals surface area contributed by atoms with Gasteiger partial charge in [-0.3, -0.25) is 9.79 Å². The molecule has 0 fully saturated rings. The minimum atomic E-state index is -0.833. The molecule has 0 unspecified atom stereocenters. The van der Waals surface area contributed by atoms with Crippen molar-refractivity contribution >= 4 is 11.8 Å². The molecule has 0 spiro atoms. The van der Waals surface area contributed by atoms with Crippen molar-refractivity contribution < 1.29 is 9.90 Å². The minimum Gasteiger partial charge on any atom is -0.481 e. The lowest BCUT2D eigenvalue weighted by atomic mass is 10.1. The summed E-state index contributed by atoms with van der Waals surface area (Å²) in [5.41, 5.74) is 5.65. The van der Waals surface area contributed by atoms with Gasteiger partial charge in [-0.2, -0.15) is 0 Å². The number of allylic oxidation sites excluding steroid dienone is 4. The molecule has 0 amide bonds. The molecule has 1 rings (SSSR count). The smallest absolute Gasteiger partial charge is 0.300 e. The summed E-state index contributed by atoms with van der Waals surface area (Å²) in [6, 6.07) is 0. The molecule has 0 saturated carbocycles. The van der Waals surface area contributed by atoms with Gasteiger partial charge in [0.15, 0.2) is 0 Å². The van der Waals surface area contributed by atoms with Crippen molar-refractivity contribution in [2.24, 2.45) is 10.7 Å². The first-order chi connectivity index (χ1) is 14.1. The summed E-state index contributed by atoms with van der Waals surface area (Å²) in [4.78, 5) is 16.0. The van der Waals surface area contributed by atoms with Crippen molar-refractivity contribution in [2.75, 3.05) is 26.2 Å². The van der Waals surface area contributed by atoms with Gasteiger partial charge in [-0.15, -0.1) is 0 Å². The molecule has 5 nitrogen and oxygen atoms in total. The van der Waals surface area contributed by atoms with Crippen LogP contribution in [0.25, 0.3) is 0 Å². The highest BCUT2D eigenvalue weighted by Crippen LogP contribution is 2.12. The second-order valence-electron chi connectivity index (χ2n) is 7.57. The van der Waals surface area contributed by atoms with E-state index < -0.39 is 5.97 Å². The number of aliphatic imine (C=N–C) groups is 1. The molecule has 1 heterocycles. The zero-order chi connectivity index (χ0) is 21.6. The van der Waals surface area contributed by atoms with Crippen LogP contribution in [0.1, 0.15) is 90.9 Å². The zero-order valence-corrected chi connectivity index (χ0v) is 19.0. The second-order valence-corrected chi connectivity index (χ2v) is 7.57. The third-order valence-electron chi connectivity index (χ3n) is 4.78. The van der Waals surface area contributed by atoms with Crippen molar-refractivity contribution in [3.8, 4) is 0 Å². The lowest BCUT2D eigenvalue weighted by molar-refractivity contribution is -0.134. The molecule has 0 bridgehead atoms. The summed E-state index contributed by atoms with van der Waals surface area (Å²) < 4.78 is 0. The number of carbonyl (C=O) groups is 1. The SMILES string of the molecule is CC(=O)O.CCCCC/C=C/C/C=C/CCCCCCCC1=NCCN1CCN. The van der Waals surface area contributed by atoms with E-state index in [9.17, 15) is 0 Å². The first kappa shape index (κ1) is 27.4. The Morgan fingerprint density at radius 1 is 1.03 bits per heavy atom. The maximum atomic E-state index is 9.00. The molecule has 0 radical (unpaired) electrons. The van der Waals surface area contributed by atoms with Crippen LogP contribution in [0.3, 0.4) is 0 Å². The first-order valence-electron chi connectivity index (χ1n) is 11.6. The predicted octanol–water partition coefficient (Wildman–Crippen LogP) is 5.56. The van der Waals surface area contributed by atoms with Gasteiger partial charge >= 0.3 is 0 Å². The van der Waals surface area contributed by atoms with Crippen LogP contribution in [-0.4, -0.2) is 48.0 Å². The number of unbranched alkanes of at least 4 members (excludes halogenated alkanes) is 8. The highest BCUT2D eigenvalue weighted by atomic mass is 16.4. The summed E-state index contributed by atoms with van der Waals surface area (Å²) >= 11 is 0. The molecule has 0 saturated heterocycles. The highest BCUT2D eigenvalue weighted by Gasteiger charge is 2.14. The van der Waals surface area contributed by atoms with Gasteiger partial charge in [0.25, 0.3) is 5.97 Å². The van der Waals surface area contributed by atoms with Gasteiger partial charge in [-0.1, -0.05) is 63.3 Å². The van der Waals surface area contributed by atoms with E-state index >= 15 is 0 Å². The summed E-state index contributed by atoms with van der Waals surface area (Å²) in [6.45, 7) is 7.09. The third-order valence-corrected chi connectivity index (χ3v) is 4.78. The molecular formula is C24H45N3O2. The van der Waals surface area contributed by atoms with Crippen molar-refractivity contribution in [1.29, 1.82) is 0 Å². The molecule has 0 aliphatic carbocycles. The number of rotatable bonds is 16. The van der Waals surface area contributed by atoms with E-state index in [1.54, 1.807) is 0 Å². The number of nitrogens with two attached hydrogens (primary N) is 1. The number of hydrogen-bond acceptors (Lipinski definition) is 4. The van der Waals surface area contributed by atoms with Gasteiger partial charge < -0.3 is 15.7 Å². The Labute approximate surface area is 179 Å². The lowest BCUT2D eigenvalue weighted by Crippen LogP contribution is -2.32. The van der Waals surface area contributed by atoms with Gasteiger partial charge in [0.1, 0.15) is 0 Å². The topological polar surface area (TPSA) is 78.9 Å². The number of carboxylic acids is 1. The molecule has 0 aromatic rings. The van der Waals surface area contributed by atoms with Crippen LogP contribution in [0.4, 0.5) is 0 Å². The summed E-state index contributed by atoms with van der Waals surface area (Å²) in [5.74, 6) is 0.469. The first-order valence-corrected chi connectivity index (χ1v) is 11.6. The Bertz CT molecular complexity index is 469. The molecule has 168 valence electrons. The fourth-order valence-corrected chi connectivity index (χ4v) is 3.26. The van der Waals surface area contributed by atoms with Crippen molar-refractivity contribution in [3.63, 3.8) is 0 Å². The second kappa shape index (κ2) is 21.1. The Morgan fingerprint density at radius 3 is 2.24 bits per heavy atom. The van der Waals surface area contributed by atoms with Crippen LogP contribution >= 0.6 is 0 Å². The van der Waals surface area contributed by atoms with Gasteiger partial charge in [-0.05, 0) is 38.5 Å². The van der Waals surface area contributed by atoms with Crippen LogP contribution in [0, 0.1) is 0 Å². The fraction of sp³-hybridized carbons (Fsp3) is 0.750. The highest BCUT2D eigenvalue weighted by molar-refractivity contribution is 5.83. The molecule has 0 aromatic carbocycles. The van der Waals surface area contributed by atoms with Crippen LogP contribution < -0.4 is 5.73 Å². The maximum Gasteiger partial charge on any atom is 0.300 e. The molecule has 0 atom stereocenters. The Balaban J connectivity index is 0.00000178. The van der Waals surface area contributed by atoms with E-state index in [4.69, 9.17) is 15.6 Å². The van der Waals surface area contributed by atoms with Crippen LogP contribution in [0.2, 0.25) is 0 Å². The van der Waals surface area contributed by atoms with E-state index in [1.807, 2.05) is 0 Å². The summed E-state index contributed by atoms with van der Waals surface area (Å²) in [7, 11) is 0. The number of hydrogen-bond donors (Lipinski definition) is 2. The maximum absolute atomic E-state index is 9.00. The Kier molecular flexibility index (Phi) is 19.9. The molecule has 5 heteroatoms. The standard InChI is InChI=1S/C22H41N3.C2H4O2/c1-2-3-4-5-6-7-8-9-10-11-12-13-14-15-16-17-22-24-19-21-25(22)20-18-23;1-2(3)4/h6-7,9-10H,2-5,8,11-21,23H2,1H3;1H3,(H,3,4)/b7-6+,10-9+;. The normalized spacial score (nSPS) is 13.8. The van der Waals surface area contributed by atoms with Gasteiger partial charge in [0, 0.05) is 33.0 Å². The van der Waals surface area contributed by atoms with E-state index in [-0.39, 0.29) is 0 Å². The van der Waals surface area contributed by atoms with E-state index in [0.29, 0.717) is 0 Å². The number of aliphatic carboxylic acids is 1. The van der Waals surface area contributed by atoms with Crippen molar-refractivity contribution in [1.82, 2.24) is 4.90 Å². The zero-order valence-electron chi connectivity index (χ0n) is 19.0. The van der Waals surface area contributed by atoms with Gasteiger partial charge in [-0.25, -0.2) is 0 Å². The summed E-state index contributed by atoms with van der Waals surface area (Å²) in [5, 5.41) is 7.42. The fourth-order valence-electron chi connectivity index (χ4n) is 3.26. The van der Waals surface area contributed by atoms with Crippen LogP contribution in [-0.2, 0) is 4.79 Å². The predicted molar refractivity (Wildman–Crippen MR) is 126 cm³/mol. The average molecular weight is 408 g/mol. The third kappa shape index (κ3) is 19.5. The van der Waals surface area contributed by atoms with Crippen molar-refractivity contribution in [2.45, 2.75) is 90.9 Å². The number of carboxylic acid groups (broad SMARTS) is 1. The Hall–Kier alpha value is -1.62. The summed E-state index contributed by atoms with van der Waals surface area (Å²) in [6.07, 6.45) is 24.7. The monoisotopic (exact) mass is 407 g/mol. The van der Waals surface area contributed by atoms with E-state index in [1.165, 1.54) is 70.0 Å². The van der Waals surface area contributed by atoms with Gasteiger partial charge in [0.05, 0.1) is 12.4 Å². The number of amidine groups is 1. The molecule has 29 heavy (non-hydrogen) atoms. The molecule has 0 aromatic heterocycles. The molecular weight excluding hydrogens is 362 g/mol. The van der Waals surface area contributed by atoms with Gasteiger partial charge in [0.2, 0.25) is 0 Å². The quantitative estimate of drug-likeness (QED) is 0.259. The van der Waals surface area contributed by atoms with Crippen molar-refractivity contribution in [3.05, 3.63) is 24.3 Å². The van der Waals surface area contributed by atoms with Crippen LogP contribution in [0.5, 0.6) is 0 Å². The Morgan fingerprint density at radius 2 is 1.62 bits per heavy atom. The molecule has 3 N–H and O–H groups in total. The molecule has 1 aliphatic heterocycles. The van der Waals surface area contributed by atoms with E-state index in [0.717, 1.165) is 45.9 Å². The molecule has 1 aliphatic rings. The lowest BCUT2D eigenvalue weighted by Gasteiger charge is -2.19. The van der Waals surface area contributed by atoms with E-state index in [2.05, 4.69) is 41.1 Å². The minimum absolute atomic E-state index is 0.737.